The third-order valence-corrected chi connectivity index (χ3v) is 3.81. The third-order valence-electron chi connectivity index (χ3n) is 3.52. The first kappa shape index (κ1) is 17.5. The maximum absolute atomic E-state index is 12.6. The third kappa shape index (κ3) is 3.68. The second kappa shape index (κ2) is 7.28. The second-order valence-corrected chi connectivity index (χ2v) is 5.86. The average Bonchev–Trinajstić information content (AvgIpc) is 2.61. The zero-order valence-corrected chi connectivity index (χ0v) is 14.6. The average molecular weight is 366 g/mol. The van der Waals surface area contributed by atoms with Crippen molar-refractivity contribution < 1.29 is 19.1 Å². The summed E-state index contributed by atoms with van der Waals surface area (Å²) in [6.07, 6.45) is 0.999. The highest BCUT2D eigenvalue weighted by molar-refractivity contribution is 7.80. The Kier molecular flexibility index (Phi) is 4.90. The van der Waals surface area contributed by atoms with Crippen LogP contribution in [0.5, 0.6) is 11.5 Å². The Balaban J connectivity index is 1.85. The molecule has 0 atom stereocenters. The lowest BCUT2D eigenvalue weighted by atomic mass is 10.1. The van der Waals surface area contributed by atoms with Gasteiger partial charge in [0.15, 0.2) is 10.9 Å². The molecule has 3 rings (SSSR count). The smallest absolute Gasteiger partial charge is 0.270 e. The maximum atomic E-state index is 12.6. The molecule has 1 N–H and O–H groups in total. The summed E-state index contributed by atoms with van der Waals surface area (Å²) in [4.78, 5) is 36.9. The van der Waals surface area contributed by atoms with E-state index in [9.17, 15) is 14.4 Å². The number of benzene rings is 2. The van der Waals surface area contributed by atoms with Gasteiger partial charge < -0.3 is 4.74 Å². The molecule has 1 fully saturated rings. The Hall–Kier alpha value is -3.32. The number of para-hydroxylation sites is 1. The molecular weight excluding hydrogens is 352 g/mol. The first-order valence-corrected chi connectivity index (χ1v) is 8.11. The number of allylic oxidation sites excluding steroid dienone is 1. The summed E-state index contributed by atoms with van der Waals surface area (Å²) < 4.78 is 5.70. The van der Waals surface area contributed by atoms with Crippen LogP contribution < -0.4 is 15.0 Å². The van der Waals surface area contributed by atoms with E-state index in [1.165, 1.54) is 6.92 Å². The van der Waals surface area contributed by atoms with Crippen LogP contribution in [0.25, 0.3) is 0 Å². The molecule has 0 aliphatic carbocycles. The quantitative estimate of drug-likeness (QED) is 0.512. The van der Waals surface area contributed by atoms with Gasteiger partial charge in [-0.2, -0.15) is 0 Å². The lowest BCUT2D eigenvalue weighted by molar-refractivity contribution is -0.123. The summed E-state index contributed by atoms with van der Waals surface area (Å²) in [6.45, 7) is 1.26. The van der Waals surface area contributed by atoms with E-state index in [1.54, 1.807) is 24.3 Å². The summed E-state index contributed by atoms with van der Waals surface area (Å²) >= 11 is 5.10. The van der Waals surface area contributed by atoms with E-state index in [-0.39, 0.29) is 10.7 Å². The fraction of sp³-hybridized carbons (Fsp3) is 0.0526. The Morgan fingerprint density at radius 3 is 2.27 bits per heavy atom. The fourth-order valence-corrected chi connectivity index (χ4v) is 2.66. The molecule has 130 valence electrons. The molecule has 7 heteroatoms. The Labute approximate surface area is 155 Å². The summed E-state index contributed by atoms with van der Waals surface area (Å²) in [5.74, 6) is -0.466. The van der Waals surface area contributed by atoms with E-state index in [0.717, 1.165) is 11.0 Å². The number of hydrogen-bond donors (Lipinski definition) is 1. The Morgan fingerprint density at radius 2 is 1.65 bits per heavy atom. The van der Waals surface area contributed by atoms with Crippen molar-refractivity contribution in [2.75, 3.05) is 4.90 Å². The molecule has 2 amide bonds. The van der Waals surface area contributed by atoms with Crippen LogP contribution in [0.3, 0.4) is 0 Å². The predicted molar refractivity (Wildman–Crippen MR) is 99.9 cm³/mol. The van der Waals surface area contributed by atoms with E-state index in [0.29, 0.717) is 17.2 Å². The highest BCUT2D eigenvalue weighted by Gasteiger charge is 2.34. The van der Waals surface area contributed by atoms with E-state index < -0.39 is 17.6 Å². The summed E-state index contributed by atoms with van der Waals surface area (Å²) in [7, 11) is 0. The molecule has 0 radical (unpaired) electrons. The number of nitrogens with one attached hydrogen (secondary N) is 1. The number of thiocarbonyl (C=S) groups is 1. The van der Waals surface area contributed by atoms with Gasteiger partial charge in [-0.15, -0.1) is 0 Å². The normalized spacial score (nSPS) is 15.8. The molecule has 2 aromatic carbocycles. The molecule has 0 bridgehead atoms. The van der Waals surface area contributed by atoms with Crippen molar-refractivity contribution >= 4 is 40.6 Å². The van der Waals surface area contributed by atoms with Crippen molar-refractivity contribution in [2.24, 2.45) is 0 Å². The fourth-order valence-electron chi connectivity index (χ4n) is 2.38. The van der Waals surface area contributed by atoms with Crippen LogP contribution >= 0.6 is 12.2 Å². The number of hydrogen-bond acceptors (Lipinski definition) is 5. The molecule has 0 aromatic heterocycles. The highest BCUT2D eigenvalue weighted by Crippen LogP contribution is 2.26. The molecule has 1 aliphatic rings. The minimum absolute atomic E-state index is 0.0440. The van der Waals surface area contributed by atoms with Gasteiger partial charge in [0.1, 0.15) is 17.1 Å². The van der Waals surface area contributed by atoms with Gasteiger partial charge in [-0.05, 0) is 61.6 Å². The van der Waals surface area contributed by atoms with E-state index in [4.69, 9.17) is 17.0 Å². The minimum atomic E-state index is -0.685. The van der Waals surface area contributed by atoms with Gasteiger partial charge in [0.05, 0.1) is 5.69 Å². The van der Waals surface area contributed by atoms with Crippen LogP contribution in [0.1, 0.15) is 6.92 Å². The minimum Gasteiger partial charge on any atom is -0.457 e. The number of carbonyl (C=O) groups excluding carboxylic acids is 3. The topological polar surface area (TPSA) is 75.7 Å². The number of ketones is 1. The van der Waals surface area contributed by atoms with Gasteiger partial charge in [0.2, 0.25) is 0 Å². The molecule has 1 saturated heterocycles. The Morgan fingerprint density at radius 1 is 1.04 bits per heavy atom. The van der Waals surface area contributed by atoms with E-state index >= 15 is 0 Å². The van der Waals surface area contributed by atoms with Crippen LogP contribution in [-0.4, -0.2) is 22.7 Å². The molecule has 0 spiro atoms. The van der Waals surface area contributed by atoms with Crippen LogP contribution in [-0.2, 0) is 14.4 Å². The lowest BCUT2D eigenvalue weighted by Gasteiger charge is -2.28. The van der Waals surface area contributed by atoms with Gasteiger partial charge in [-0.1, -0.05) is 18.2 Å². The first-order valence-electron chi connectivity index (χ1n) is 7.70. The molecule has 0 unspecified atom stereocenters. The molecular formula is C19H14N2O4S. The SMILES string of the molecule is CC(=O)C=C1C(=O)NC(=S)N(c2ccc(Oc3ccccc3)cc2)C1=O. The second-order valence-electron chi connectivity index (χ2n) is 5.48. The standard InChI is InChI=1S/C19H14N2O4S/c1-12(22)11-16-17(23)20-19(26)21(18(16)24)13-7-9-15(10-8-13)25-14-5-3-2-4-6-14/h2-11H,1H3,(H,20,23,26). The van der Waals surface area contributed by atoms with Gasteiger partial charge in [0.25, 0.3) is 11.8 Å². The summed E-state index contributed by atoms with van der Waals surface area (Å²) in [6, 6.07) is 15.9. The predicted octanol–water partition coefficient (Wildman–Crippen LogP) is 2.74. The number of anilines is 1. The van der Waals surface area contributed by atoms with Crippen molar-refractivity contribution in [1.29, 1.82) is 0 Å². The highest BCUT2D eigenvalue weighted by atomic mass is 32.1. The largest absolute Gasteiger partial charge is 0.457 e. The first-order chi connectivity index (χ1) is 12.5. The van der Waals surface area contributed by atoms with Crippen molar-refractivity contribution in [2.45, 2.75) is 6.92 Å². The zero-order valence-electron chi connectivity index (χ0n) is 13.8. The molecule has 0 saturated carbocycles. The van der Waals surface area contributed by atoms with E-state index in [1.807, 2.05) is 30.3 Å². The summed E-state index contributed by atoms with van der Waals surface area (Å²) in [5.41, 5.74) is 0.200. The monoisotopic (exact) mass is 366 g/mol. The van der Waals surface area contributed by atoms with Gasteiger partial charge in [0, 0.05) is 0 Å². The number of rotatable bonds is 4. The van der Waals surface area contributed by atoms with Crippen molar-refractivity contribution in [1.82, 2.24) is 5.32 Å². The van der Waals surface area contributed by atoms with Crippen molar-refractivity contribution in [3.63, 3.8) is 0 Å². The van der Waals surface area contributed by atoms with Crippen molar-refractivity contribution in [3.05, 3.63) is 66.2 Å². The lowest BCUT2D eigenvalue weighted by Crippen LogP contribution is -2.54. The molecule has 1 aliphatic heterocycles. The van der Waals surface area contributed by atoms with Crippen molar-refractivity contribution in [3.8, 4) is 11.5 Å². The maximum Gasteiger partial charge on any atom is 0.270 e. The van der Waals surface area contributed by atoms with Gasteiger partial charge >= 0.3 is 0 Å². The number of carbonyl (C=O) groups is 3. The number of amides is 2. The van der Waals surface area contributed by atoms with Crippen LogP contribution in [0.15, 0.2) is 66.2 Å². The summed E-state index contributed by atoms with van der Waals surface area (Å²) in [5, 5.41) is 2.37. The van der Waals surface area contributed by atoms with Gasteiger partial charge in [-0.3, -0.25) is 24.6 Å². The molecule has 26 heavy (non-hydrogen) atoms. The van der Waals surface area contributed by atoms with Crippen LogP contribution in [0, 0.1) is 0 Å². The van der Waals surface area contributed by atoms with Crippen LogP contribution in [0.4, 0.5) is 5.69 Å². The molecule has 6 nitrogen and oxygen atoms in total. The number of nitrogens with zero attached hydrogens (tertiary/aromatic N) is 1. The van der Waals surface area contributed by atoms with Crippen LogP contribution in [0.2, 0.25) is 0 Å². The van der Waals surface area contributed by atoms with Gasteiger partial charge in [-0.25, -0.2) is 0 Å². The molecule has 1 heterocycles. The Bertz CT molecular complexity index is 920. The molecule has 2 aromatic rings. The number of ether oxygens (including phenoxy) is 1. The van der Waals surface area contributed by atoms with E-state index in [2.05, 4.69) is 5.32 Å². The zero-order chi connectivity index (χ0) is 18.7.